The Kier molecular flexibility index (Phi) is 10.7. The number of rotatable bonds is 11. The smallest absolute Gasteiger partial charge is 0.222 e. The summed E-state index contributed by atoms with van der Waals surface area (Å²) in [6.07, 6.45) is 6.15. The molecular formula is C19H37N3O2. The van der Waals surface area contributed by atoms with Crippen molar-refractivity contribution in [2.75, 3.05) is 39.3 Å². The Labute approximate surface area is 148 Å². The minimum absolute atomic E-state index is 0.0744. The Hall–Kier alpha value is -1.10. The van der Waals surface area contributed by atoms with Crippen molar-refractivity contribution in [1.82, 2.24) is 15.1 Å². The zero-order chi connectivity index (χ0) is 17.8. The van der Waals surface area contributed by atoms with Crippen LogP contribution in [0.5, 0.6) is 0 Å². The van der Waals surface area contributed by atoms with E-state index >= 15 is 0 Å². The van der Waals surface area contributed by atoms with Crippen molar-refractivity contribution < 1.29 is 9.59 Å². The molecular weight excluding hydrogens is 302 g/mol. The maximum Gasteiger partial charge on any atom is 0.222 e. The molecule has 1 N–H and O–H groups in total. The van der Waals surface area contributed by atoms with E-state index in [4.69, 9.17) is 0 Å². The molecule has 0 aromatic rings. The SMILES string of the molecule is CCCN(CCC)C(=O)CCCC(=O)NCCN1CCCC(C)C1. The van der Waals surface area contributed by atoms with Gasteiger partial charge in [0.1, 0.15) is 0 Å². The van der Waals surface area contributed by atoms with Crippen molar-refractivity contribution in [3.05, 3.63) is 0 Å². The summed E-state index contributed by atoms with van der Waals surface area (Å²) in [5.41, 5.74) is 0. The van der Waals surface area contributed by atoms with Gasteiger partial charge < -0.3 is 15.1 Å². The largest absolute Gasteiger partial charge is 0.355 e. The molecule has 0 aliphatic carbocycles. The molecule has 0 spiro atoms. The van der Waals surface area contributed by atoms with E-state index in [1.165, 1.54) is 12.8 Å². The highest BCUT2D eigenvalue weighted by Crippen LogP contribution is 2.14. The van der Waals surface area contributed by atoms with Crippen LogP contribution in [0.2, 0.25) is 0 Å². The molecule has 2 amide bonds. The molecule has 24 heavy (non-hydrogen) atoms. The normalized spacial score (nSPS) is 18.4. The number of hydrogen-bond donors (Lipinski definition) is 1. The highest BCUT2D eigenvalue weighted by Gasteiger charge is 2.16. The second-order valence-corrected chi connectivity index (χ2v) is 7.13. The third-order valence-corrected chi connectivity index (χ3v) is 4.63. The molecule has 5 nitrogen and oxygen atoms in total. The second kappa shape index (κ2) is 12.3. The second-order valence-electron chi connectivity index (χ2n) is 7.13. The van der Waals surface area contributed by atoms with Gasteiger partial charge in [0.2, 0.25) is 11.8 Å². The summed E-state index contributed by atoms with van der Waals surface area (Å²) in [4.78, 5) is 28.4. The summed E-state index contributed by atoms with van der Waals surface area (Å²) in [6.45, 7) is 12.1. The molecule has 0 radical (unpaired) electrons. The van der Waals surface area contributed by atoms with E-state index in [0.29, 0.717) is 19.3 Å². The predicted molar refractivity (Wildman–Crippen MR) is 98.9 cm³/mol. The van der Waals surface area contributed by atoms with E-state index in [0.717, 1.165) is 58.0 Å². The predicted octanol–water partition coefficient (Wildman–Crippen LogP) is 2.65. The van der Waals surface area contributed by atoms with Crippen molar-refractivity contribution in [3.63, 3.8) is 0 Å². The van der Waals surface area contributed by atoms with Crippen molar-refractivity contribution >= 4 is 11.8 Å². The molecule has 5 heteroatoms. The fourth-order valence-electron chi connectivity index (χ4n) is 3.39. The molecule has 0 bridgehead atoms. The molecule has 1 aliphatic rings. The Morgan fingerprint density at radius 1 is 1.17 bits per heavy atom. The van der Waals surface area contributed by atoms with Crippen molar-refractivity contribution in [3.8, 4) is 0 Å². The van der Waals surface area contributed by atoms with Gasteiger partial charge in [0.15, 0.2) is 0 Å². The number of carbonyl (C=O) groups is 2. The molecule has 1 saturated heterocycles. The average molecular weight is 340 g/mol. The van der Waals surface area contributed by atoms with E-state index in [2.05, 4.69) is 31.0 Å². The van der Waals surface area contributed by atoms with E-state index in [9.17, 15) is 9.59 Å². The Bertz CT molecular complexity index is 368. The molecule has 1 fully saturated rings. The number of nitrogens with zero attached hydrogens (tertiary/aromatic N) is 2. The minimum Gasteiger partial charge on any atom is -0.355 e. The summed E-state index contributed by atoms with van der Waals surface area (Å²) >= 11 is 0. The summed E-state index contributed by atoms with van der Waals surface area (Å²) in [7, 11) is 0. The first-order chi connectivity index (χ1) is 11.6. The lowest BCUT2D eigenvalue weighted by atomic mass is 10.0. The summed E-state index contributed by atoms with van der Waals surface area (Å²) < 4.78 is 0. The number of carbonyl (C=O) groups excluding carboxylic acids is 2. The first-order valence-corrected chi connectivity index (χ1v) is 9.83. The van der Waals surface area contributed by atoms with Crippen LogP contribution in [0.1, 0.15) is 65.7 Å². The van der Waals surface area contributed by atoms with E-state index in [-0.39, 0.29) is 11.8 Å². The number of likely N-dealkylation sites (tertiary alicyclic amines) is 1. The molecule has 1 atom stereocenters. The van der Waals surface area contributed by atoms with Gasteiger partial charge in [-0.25, -0.2) is 0 Å². The number of piperidine rings is 1. The van der Waals surface area contributed by atoms with E-state index in [1.54, 1.807) is 0 Å². The van der Waals surface area contributed by atoms with Crippen molar-refractivity contribution in [2.24, 2.45) is 5.92 Å². The van der Waals surface area contributed by atoms with Crippen molar-refractivity contribution in [1.29, 1.82) is 0 Å². The maximum atomic E-state index is 12.1. The molecule has 0 aromatic heterocycles. The van der Waals surface area contributed by atoms with Crippen LogP contribution >= 0.6 is 0 Å². The van der Waals surface area contributed by atoms with Crippen LogP contribution in [0, 0.1) is 5.92 Å². The van der Waals surface area contributed by atoms with Crippen molar-refractivity contribution in [2.45, 2.75) is 65.7 Å². The molecule has 1 heterocycles. The Morgan fingerprint density at radius 3 is 2.50 bits per heavy atom. The lowest BCUT2D eigenvalue weighted by molar-refractivity contribution is -0.131. The molecule has 1 unspecified atom stereocenters. The Morgan fingerprint density at radius 2 is 1.88 bits per heavy atom. The standard InChI is InChI=1S/C19H37N3O2/c1-4-12-22(13-5-2)19(24)10-6-9-18(23)20-11-15-21-14-7-8-17(3)16-21/h17H,4-16H2,1-3H3,(H,20,23). The van der Waals surface area contributed by atoms with Gasteiger partial charge in [0, 0.05) is 45.6 Å². The highest BCUT2D eigenvalue weighted by atomic mass is 16.2. The minimum atomic E-state index is 0.0744. The van der Waals surface area contributed by atoms with E-state index in [1.807, 2.05) is 4.90 Å². The van der Waals surface area contributed by atoms with Crippen LogP contribution in [0.15, 0.2) is 0 Å². The monoisotopic (exact) mass is 339 g/mol. The Balaban J connectivity index is 2.11. The van der Waals surface area contributed by atoms with Crippen LogP contribution in [0.25, 0.3) is 0 Å². The fraction of sp³-hybridized carbons (Fsp3) is 0.895. The lowest BCUT2D eigenvalue weighted by Gasteiger charge is -2.30. The van der Waals surface area contributed by atoms with Gasteiger partial charge in [-0.1, -0.05) is 20.8 Å². The third kappa shape index (κ3) is 8.67. The van der Waals surface area contributed by atoms with Crippen LogP contribution in [0.4, 0.5) is 0 Å². The van der Waals surface area contributed by atoms with Gasteiger partial charge in [-0.2, -0.15) is 0 Å². The highest BCUT2D eigenvalue weighted by molar-refractivity contribution is 5.78. The fourth-order valence-corrected chi connectivity index (χ4v) is 3.39. The number of nitrogens with one attached hydrogen (secondary N) is 1. The number of hydrogen-bond acceptors (Lipinski definition) is 3. The first kappa shape index (κ1) is 20.9. The van der Waals surface area contributed by atoms with E-state index < -0.39 is 0 Å². The van der Waals surface area contributed by atoms with Gasteiger partial charge in [-0.15, -0.1) is 0 Å². The van der Waals surface area contributed by atoms with Gasteiger partial charge in [0.25, 0.3) is 0 Å². The maximum absolute atomic E-state index is 12.1. The van der Waals surface area contributed by atoms with Crippen LogP contribution in [0.3, 0.4) is 0 Å². The van der Waals surface area contributed by atoms with Gasteiger partial charge in [0.05, 0.1) is 0 Å². The van der Waals surface area contributed by atoms with Gasteiger partial charge >= 0.3 is 0 Å². The van der Waals surface area contributed by atoms with Crippen LogP contribution < -0.4 is 5.32 Å². The molecule has 1 aliphatic heterocycles. The average Bonchev–Trinajstić information content (AvgIpc) is 2.54. The molecule has 140 valence electrons. The lowest BCUT2D eigenvalue weighted by Crippen LogP contribution is -2.40. The molecule has 1 rings (SSSR count). The summed E-state index contributed by atoms with van der Waals surface area (Å²) in [5.74, 6) is 1.04. The van der Waals surface area contributed by atoms with Gasteiger partial charge in [-0.3, -0.25) is 9.59 Å². The summed E-state index contributed by atoms with van der Waals surface area (Å²) in [6, 6.07) is 0. The zero-order valence-electron chi connectivity index (χ0n) is 16.0. The third-order valence-electron chi connectivity index (χ3n) is 4.63. The number of amides is 2. The summed E-state index contributed by atoms with van der Waals surface area (Å²) in [5, 5.41) is 2.99. The van der Waals surface area contributed by atoms with Crippen LogP contribution in [-0.2, 0) is 9.59 Å². The first-order valence-electron chi connectivity index (χ1n) is 9.83. The topological polar surface area (TPSA) is 52.7 Å². The van der Waals surface area contributed by atoms with Crippen LogP contribution in [-0.4, -0.2) is 60.9 Å². The zero-order valence-corrected chi connectivity index (χ0v) is 16.0. The molecule has 0 aromatic carbocycles. The van der Waals surface area contributed by atoms with Gasteiger partial charge in [-0.05, 0) is 44.6 Å². The quantitative estimate of drug-likeness (QED) is 0.630. The molecule has 0 saturated carbocycles.